The van der Waals surface area contributed by atoms with Gasteiger partial charge in [-0.3, -0.25) is 0 Å². The van der Waals surface area contributed by atoms with Crippen LogP contribution in [0.4, 0.5) is 4.79 Å². The Balaban J connectivity index is 1.50. The number of hydrogen-bond donors (Lipinski definition) is 1. The Morgan fingerprint density at radius 1 is 1.14 bits per heavy atom. The molecule has 3 rings (SSSR count). The largest absolute Gasteiger partial charge is 0.492 e. The van der Waals surface area contributed by atoms with Gasteiger partial charge in [0.2, 0.25) is 0 Å². The monoisotopic (exact) mass is 398 g/mol. The number of nitrogens with one attached hydrogen (secondary N) is 1. The van der Waals surface area contributed by atoms with Gasteiger partial charge in [-0.1, -0.05) is 24.3 Å². The average molecular weight is 399 g/mol. The highest BCUT2D eigenvalue weighted by Crippen LogP contribution is 2.22. The molecule has 0 aliphatic carbocycles. The number of rotatable bonds is 8. The minimum atomic E-state index is -0.127. The number of thiazole rings is 1. The van der Waals surface area contributed by atoms with Crippen LogP contribution in [-0.2, 0) is 13.1 Å². The Morgan fingerprint density at radius 3 is 2.75 bits per heavy atom. The van der Waals surface area contributed by atoms with Crippen molar-refractivity contribution in [3.8, 4) is 5.75 Å². The van der Waals surface area contributed by atoms with E-state index in [2.05, 4.69) is 15.2 Å². The van der Waals surface area contributed by atoms with E-state index in [4.69, 9.17) is 4.74 Å². The Labute approximate surface area is 169 Å². The molecule has 0 radical (unpaired) electrons. The average Bonchev–Trinajstić information content (AvgIpc) is 3.08. The van der Waals surface area contributed by atoms with E-state index in [0.29, 0.717) is 19.7 Å². The highest BCUT2D eigenvalue weighted by molar-refractivity contribution is 7.18. The fourth-order valence-electron chi connectivity index (χ4n) is 2.67. The van der Waals surface area contributed by atoms with E-state index in [9.17, 15) is 4.79 Å². The predicted molar refractivity (Wildman–Crippen MR) is 114 cm³/mol. The van der Waals surface area contributed by atoms with Crippen molar-refractivity contribution < 1.29 is 9.53 Å². The minimum absolute atomic E-state index is 0.127. The van der Waals surface area contributed by atoms with E-state index in [1.165, 1.54) is 0 Å². The first kappa shape index (κ1) is 20.1. The summed E-state index contributed by atoms with van der Waals surface area (Å²) in [6.07, 6.45) is 0. The van der Waals surface area contributed by atoms with Crippen LogP contribution in [-0.4, -0.2) is 55.1 Å². The summed E-state index contributed by atoms with van der Waals surface area (Å²) in [5.41, 5.74) is 1.98. The van der Waals surface area contributed by atoms with E-state index < -0.39 is 0 Å². The van der Waals surface area contributed by atoms with Gasteiger partial charge in [0.1, 0.15) is 17.4 Å². The van der Waals surface area contributed by atoms with Gasteiger partial charge in [0.15, 0.2) is 0 Å². The van der Waals surface area contributed by atoms with E-state index in [1.807, 2.05) is 62.6 Å². The lowest BCUT2D eigenvalue weighted by molar-refractivity contribution is 0.206. The topological polar surface area (TPSA) is 57.7 Å². The van der Waals surface area contributed by atoms with Crippen molar-refractivity contribution >= 4 is 27.6 Å². The number of ether oxygens (including phenoxy) is 1. The second-order valence-corrected chi connectivity index (χ2v) is 8.00. The van der Waals surface area contributed by atoms with E-state index in [-0.39, 0.29) is 6.03 Å². The summed E-state index contributed by atoms with van der Waals surface area (Å²) in [5.74, 6) is 0.816. The highest BCUT2D eigenvalue weighted by Gasteiger charge is 2.12. The van der Waals surface area contributed by atoms with E-state index in [0.717, 1.165) is 33.1 Å². The molecule has 148 valence electrons. The maximum Gasteiger partial charge on any atom is 0.317 e. The molecule has 3 aromatic rings. The van der Waals surface area contributed by atoms with Crippen LogP contribution in [0, 0.1) is 0 Å². The molecule has 0 unspecified atom stereocenters. The van der Waals surface area contributed by atoms with Gasteiger partial charge in [0.25, 0.3) is 0 Å². The summed E-state index contributed by atoms with van der Waals surface area (Å²) < 4.78 is 6.88. The van der Waals surface area contributed by atoms with E-state index >= 15 is 0 Å². The van der Waals surface area contributed by atoms with Gasteiger partial charge in [-0.05, 0) is 43.9 Å². The number of urea groups is 1. The molecule has 0 bridgehead atoms. The molecular weight excluding hydrogens is 372 g/mol. The molecule has 1 N–H and O–H groups in total. The molecule has 0 saturated heterocycles. The number of carbonyl (C=O) groups is 1. The molecule has 28 heavy (non-hydrogen) atoms. The molecule has 0 spiro atoms. The van der Waals surface area contributed by atoms with Crippen LogP contribution in [0.1, 0.15) is 10.6 Å². The molecule has 0 atom stereocenters. The number of likely N-dealkylation sites (N-methyl/N-ethyl adjacent to an activating group) is 1. The molecule has 0 fully saturated rings. The Hall–Kier alpha value is -2.64. The molecule has 0 aliphatic heterocycles. The molecule has 0 saturated carbocycles. The van der Waals surface area contributed by atoms with Gasteiger partial charge in [-0.15, -0.1) is 11.3 Å². The second kappa shape index (κ2) is 9.52. The molecule has 1 aromatic heterocycles. The van der Waals surface area contributed by atoms with E-state index in [1.54, 1.807) is 23.3 Å². The van der Waals surface area contributed by atoms with Crippen LogP contribution in [0.25, 0.3) is 10.2 Å². The molecule has 6 nitrogen and oxygen atoms in total. The maximum absolute atomic E-state index is 12.4. The third-order valence-electron chi connectivity index (χ3n) is 4.21. The number of carbonyl (C=O) groups excluding carboxylic acids is 1. The summed E-state index contributed by atoms with van der Waals surface area (Å²) >= 11 is 1.62. The highest BCUT2D eigenvalue weighted by atomic mass is 32.1. The minimum Gasteiger partial charge on any atom is -0.492 e. The zero-order valence-corrected chi connectivity index (χ0v) is 17.3. The smallest absolute Gasteiger partial charge is 0.317 e. The summed E-state index contributed by atoms with van der Waals surface area (Å²) in [7, 11) is 5.81. The summed E-state index contributed by atoms with van der Waals surface area (Å²) in [6.45, 7) is 2.43. The second-order valence-electron chi connectivity index (χ2n) is 6.89. The van der Waals surface area contributed by atoms with Crippen molar-refractivity contribution in [2.45, 2.75) is 13.1 Å². The van der Waals surface area contributed by atoms with Gasteiger partial charge >= 0.3 is 6.03 Å². The van der Waals surface area contributed by atoms with Gasteiger partial charge < -0.3 is 19.9 Å². The number of fused-ring (bicyclic) bond motifs is 1. The first-order valence-electron chi connectivity index (χ1n) is 9.21. The lowest BCUT2D eigenvalue weighted by Gasteiger charge is -2.17. The quantitative estimate of drug-likeness (QED) is 0.630. The van der Waals surface area contributed by atoms with Crippen LogP contribution in [0.15, 0.2) is 48.5 Å². The maximum atomic E-state index is 12.4. The normalized spacial score (nSPS) is 11.0. The number of hydrogen-bond acceptors (Lipinski definition) is 5. The zero-order chi connectivity index (χ0) is 19.9. The summed E-state index contributed by atoms with van der Waals surface area (Å²) in [5, 5.41) is 3.88. The van der Waals surface area contributed by atoms with Gasteiger partial charge in [0.05, 0.1) is 16.8 Å². The zero-order valence-electron chi connectivity index (χ0n) is 16.5. The molecule has 2 aromatic carbocycles. The van der Waals surface area contributed by atoms with Crippen LogP contribution < -0.4 is 10.1 Å². The number of benzene rings is 2. The van der Waals surface area contributed by atoms with Crippen LogP contribution >= 0.6 is 11.3 Å². The molecular formula is C21H26N4O2S. The van der Waals surface area contributed by atoms with Gasteiger partial charge in [0, 0.05) is 20.1 Å². The lowest BCUT2D eigenvalue weighted by atomic mass is 10.2. The van der Waals surface area contributed by atoms with Crippen LogP contribution in [0.3, 0.4) is 0 Å². The summed E-state index contributed by atoms with van der Waals surface area (Å²) in [4.78, 5) is 20.7. The van der Waals surface area contributed by atoms with Crippen molar-refractivity contribution in [1.29, 1.82) is 0 Å². The number of aromatic nitrogens is 1. The molecule has 2 amide bonds. The lowest BCUT2D eigenvalue weighted by Crippen LogP contribution is -2.36. The fourth-order valence-corrected chi connectivity index (χ4v) is 3.69. The fraction of sp³-hybridized carbons (Fsp3) is 0.333. The van der Waals surface area contributed by atoms with Crippen molar-refractivity contribution in [3.63, 3.8) is 0 Å². The van der Waals surface area contributed by atoms with Crippen molar-refractivity contribution in [1.82, 2.24) is 20.1 Å². The Bertz CT molecular complexity index is 892. The first-order chi connectivity index (χ1) is 13.5. The van der Waals surface area contributed by atoms with Crippen molar-refractivity contribution in [3.05, 3.63) is 59.1 Å². The molecule has 0 aliphatic rings. The number of nitrogens with zero attached hydrogens (tertiary/aromatic N) is 3. The van der Waals surface area contributed by atoms with Crippen LogP contribution in [0.5, 0.6) is 5.75 Å². The number of para-hydroxylation sites is 1. The molecule has 1 heterocycles. The van der Waals surface area contributed by atoms with Gasteiger partial charge in [-0.2, -0.15) is 0 Å². The third-order valence-corrected chi connectivity index (χ3v) is 5.23. The van der Waals surface area contributed by atoms with Crippen LogP contribution in [0.2, 0.25) is 0 Å². The third kappa shape index (κ3) is 5.68. The standard InChI is InChI=1S/C21H26N4O2S/c1-24(2)11-12-27-17-8-6-7-16(13-17)14-22-21(26)25(3)15-20-23-18-9-4-5-10-19(18)28-20/h4-10,13H,11-12,14-15H2,1-3H3,(H,22,26). The Kier molecular flexibility index (Phi) is 6.84. The number of amides is 2. The van der Waals surface area contributed by atoms with Crippen molar-refractivity contribution in [2.24, 2.45) is 0 Å². The van der Waals surface area contributed by atoms with Gasteiger partial charge in [-0.25, -0.2) is 9.78 Å². The predicted octanol–water partition coefficient (Wildman–Crippen LogP) is 3.58. The SMILES string of the molecule is CN(C)CCOc1cccc(CNC(=O)N(C)Cc2nc3ccccc3s2)c1. The van der Waals surface area contributed by atoms with Crippen molar-refractivity contribution in [2.75, 3.05) is 34.3 Å². The first-order valence-corrected chi connectivity index (χ1v) is 10.0. The molecule has 7 heteroatoms. The summed E-state index contributed by atoms with van der Waals surface area (Å²) in [6, 6.07) is 15.7. The Morgan fingerprint density at radius 2 is 1.96 bits per heavy atom.